The fraction of sp³-hybridized carbons (Fsp3) is 0.500. The van der Waals surface area contributed by atoms with Crippen molar-refractivity contribution in [2.75, 3.05) is 0 Å². The van der Waals surface area contributed by atoms with Crippen molar-refractivity contribution in [3.8, 4) is 0 Å². The third-order valence-corrected chi connectivity index (χ3v) is 3.55. The van der Waals surface area contributed by atoms with Gasteiger partial charge in [0.25, 0.3) is 11.5 Å². The van der Waals surface area contributed by atoms with E-state index in [0.717, 1.165) is 43.4 Å². The van der Waals surface area contributed by atoms with Crippen LogP contribution in [0.5, 0.6) is 0 Å². The van der Waals surface area contributed by atoms with Gasteiger partial charge in [-0.05, 0) is 44.2 Å². The maximum absolute atomic E-state index is 12.0. The number of nitrogens with one attached hydrogen (secondary N) is 2. The average Bonchev–Trinajstić information content (AvgIpc) is 2.62. The second kappa shape index (κ2) is 5.90. The number of H-pyrrole nitrogens is 1. The maximum Gasteiger partial charge on any atom is 0.325 e. The molecule has 20 heavy (non-hydrogen) atoms. The zero-order valence-electron chi connectivity index (χ0n) is 11.4. The van der Waals surface area contributed by atoms with Gasteiger partial charge in [0.15, 0.2) is 0 Å². The van der Waals surface area contributed by atoms with Gasteiger partial charge >= 0.3 is 5.97 Å². The lowest BCUT2D eigenvalue weighted by atomic mass is 10.1. The number of aryl methyl sites for hydroxylation is 2. The number of rotatable bonds is 3. The van der Waals surface area contributed by atoms with E-state index < -0.39 is 23.5 Å². The smallest absolute Gasteiger partial charge is 0.325 e. The van der Waals surface area contributed by atoms with Crippen molar-refractivity contribution in [1.82, 2.24) is 10.3 Å². The van der Waals surface area contributed by atoms with Gasteiger partial charge < -0.3 is 15.4 Å². The Hall–Kier alpha value is -2.11. The Morgan fingerprint density at radius 2 is 2.00 bits per heavy atom. The highest BCUT2D eigenvalue weighted by Crippen LogP contribution is 2.18. The molecule has 1 aromatic heterocycles. The maximum atomic E-state index is 12.0. The van der Waals surface area contributed by atoms with Gasteiger partial charge in [-0.3, -0.25) is 14.4 Å². The number of pyridine rings is 1. The predicted molar refractivity (Wildman–Crippen MR) is 72.9 cm³/mol. The van der Waals surface area contributed by atoms with Gasteiger partial charge in [0, 0.05) is 5.69 Å². The molecule has 1 atom stereocenters. The third-order valence-electron chi connectivity index (χ3n) is 3.55. The van der Waals surface area contributed by atoms with Crippen LogP contribution in [0, 0.1) is 0 Å². The summed E-state index contributed by atoms with van der Waals surface area (Å²) in [4.78, 5) is 37.4. The molecule has 2 rings (SSSR count). The van der Waals surface area contributed by atoms with Crippen LogP contribution in [0.2, 0.25) is 0 Å². The zero-order valence-corrected chi connectivity index (χ0v) is 11.4. The van der Waals surface area contributed by atoms with Gasteiger partial charge in [0.2, 0.25) is 0 Å². The second-order valence-corrected chi connectivity index (χ2v) is 5.11. The van der Waals surface area contributed by atoms with Crippen molar-refractivity contribution in [2.24, 2.45) is 0 Å². The first-order valence-corrected chi connectivity index (χ1v) is 6.78. The molecule has 0 bridgehead atoms. The van der Waals surface area contributed by atoms with Crippen molar-refractivity contribution in [3.05, 3.63) is 33.2 Å². The van der Waals surface area contributed by atoms with Crippen molar-refractivity contribution in [2.45, 2.75) is 45.1 Å². The summed E-state index contributed by atoms with van der Waals surface area (Å²) in [5.41, 5.74) is 1.41. The molecular weight excluding hydrogens is 260 g/mol. The molecule has 0 fully saturated rings. The molecule has 0 aliphatic heterocycles. The van der Waals surface area contributed by atoms with Crippen molar-refractivity contribution in [3.63, 3.8) is 0 Å². The van der Waals surface area contributed by atoms with Gasteiger partial charge in [-0.1, -0.05) is 6.42 Å². The van der Waals surface area contributed by atoms with E-state index in [9.17, 15) is 14.4 Å². The van der Waals surface area contributed by atoms with E-state index in [2.05, 4.69) is 10.3 Å². The van der Waals surface area contributed by atoms with E-state index in [1.165, 1.54) is 6.92 Å². The molecule has 1 heterocycles. The molecule has 1 aliphatic carbocycles. The van der Waals surface area contributed by atoms with Crippen molar-refractivity contribution >= 4 is 11.9 Å². The number of carbonyl (C=O) groups is 2. The zero-order chi connectivity index (χ0) is 14.7. The molecule has 0 radical (unpaired) electrons. The Morgan fingerprint density at radius 3 is 2.70 bits per heavy atom. The summed E-state index contributed by atoms with van der Waals surface area (Å²) in [6.07, 6.45) is 4.82. The number of carbonyl (C=O) groups excluding carboxylic acids is 1. The SMILES string of the molecule is C[C@@H](NC(=O)c1cc2c([nH]c1=O)CCCCC2)C(=O)O. The van der Waals surface area contributed by atoms with Crippen LogP contribution in [-0.4, -0.2) is 28.0 Å². The molecule has 6 nitrogen and oxygen atoms in total. The predicted octanol–water partition coefficient (Wildman–Crippen LogP) is 0.847. The Balaban J connectivity index is 2.28. The topological polar surface area (TPSA) is 99.3 Å². The van der Waals surface area contributed by atoms with E-state index in [4.69, 9.17) is 5.11 Å². The van der Waals surface area contributed by atoms with E-state index in [1.54, 1.807) is 6.07 Å². The van der Waals surface area contributed by atoms with Gasteiger partial charge in [-0.15, -0.1) is 0 Å². The molecule has 1 amide bonds. The minimum absolute atomic E-state index is 0.0150. The highest BCUT2D eigenvalue weighted by Gasteiger charge is 2.20. The number of aliphatic carboxylic acids is 1. The number of aromatic nitrogens is 1. The Labute approximate surface area is 116 Å². The normalized spacial score (nSPS) is 15.8. The molecule has 108 valence electrons. The lowest BCUT2D eigenvalue weighted by Crippen LogP contribution is -2.40. The molecule has 1 aliphatic rings. The molecule has 0 saturated carbocycles. The number of carboxylic acid groups (broad SMARTS) is 1. The van der Waals surface area contributed by atoms with Crippen molar-refractivity contribution < 1.29 is 14.7 Å². The Bertz CT molecular complexity index is 591. The van der Waals surface area contributed by atoms with E-state index in [1.807, 2.05) is 0 Å². The number of hydrogen-bond donors (Lipinski definition) is 3. The summed E-state index contributed by atoms with van der Waals surface area (Å²) in [6.45, 7) is 1.36. The van der Waals surface area contributed by atoms with Crippen LogP contribution < -0.4 is 10.9 Å². The third kappa shape index (κ3) is 3.07. The monoisotopic (exact) mass is 278 g/mol. The summed E-state index contributed by atoms with van der Waals surface area (Å²) in [7, 11) is 0. The summed E-state index contributed by atoms with van der Waals surface area (Å²) in [5.74, 6) is -1.78. The molecule has 1 aromatic rings. The first-order valence-electron chi connectivity index (χ1n) is 6.78. The largest absolute Gasteiger partial charge is 0.480 e. The highest BCUT2D eigenvalue weighted by atomic mass is 16.4. The van der Waals surface area contributed by atoms with Crippen LogP contribution in [0.1, 0.15) is 47.8 Å². The van der Waals surface area contributed by atoms with Gasteiger partial charge in [-0.25, -0.2) is 0 Å². The quantitative estimate of drug-likeness (QED) is 0.714. The van der Waals surface area contributed by atoms with Crippen LogP contribution in [-0.2, 0) is 17.6 Å². The lowest BCUT2D eigenvalue weighted by molar-refractivity contribution is -0.138. The number of carboxylic acids is 1. The second-order valence-electron chi connectivity index (χ2n) is 5.11. The van der Waals surface area contributed by atoms with E-state index >= 15 is 0 Å². The first-order chi connectivity index (χ1) is 9.49. The summed E-state index contributed by atoms with van der Waals surface area (Å²) in [5, 5.41) is 11.1. The van der Waals surface area contributed by atoms with Crippen LogP contribution in [0.3, 0.4) is 0 Å². The van der Waals surface area contributed by atoms with Gasteiger partial charge in [-0.2, -0.15) is 0 Å². The molecule has 0 spiro atoms. The number of fused-ring (bicyclic) bond motifs is 1. The molecule has 0 saturated heterocycles. The summed E-state index contributed by atoms with van der Waals surface area (Å²) < 4.78 is 0. The minimum Gasteiger partial charge on any atom is -0.480 e. The molecule has 0 unspecified atom stereocenters. The summed E-state index contributed by atoms with van der Waals surface area (Å²) >= 11 is 0. The van der Waals surface area contributed by atoms with Crippen LogP contribution >= 0.6 is 0 Å². The average molecular weight is 278 g/mol. The van der Waals surface area contributed by atoms with Crippen LogP contribution in [0.25, 0.3) is 0 Å². The fourth-order valence-corrected chi connectivity index (χ4v) is 2.36. The Kier molecular flexibility index (Phi) is 4.22. The summed E-state index contributed by atoms with van der Waals surface area (Å²) in [6, 6.07) is 0.573. The molecular formula is C14H18N2O4. The van der Waals surface area contributed by atoms with Crippen molar-refractivity contribution in [1.29, 1.82) is 0 Å². The van der Waals surface area contributed by atoms with Crippen LogP contribution in [0.15, 0.2) is 10.9 Å². The number of amides is 1. The van der Waals surface area contributed by atoms with Gasteiger partial charge in [0.1, 0.15) is 11.6 Å². The first kappa shape index (κ1) is 14.3. The molecule has 6 heteroatoms. The van der Waals surface area contributed by atoms with Gasteiger partial charge in [0.05, 0.1) is 0 Å². The van der Waals surface area contributed by atoms with E-state index in [0.29, 0.717) is 0 Å². The minimum atomic E-state index is -1.13. The Morgan fingerprint density at radius 1 is 1.30 bits per heavy atom. The highest BCUT2D eigenvalue weighted by molar-refractivity contribution is 5.96. The lowest BCUT2D eigenvalue weighted by Gasteiger charge is -2.11. The fourth-order valence-electron chi connectivity index (χ4n) is 2.36. The van der Waals surface area contributed by atoms with E-state index in [-0.39, 0.29) is 5.56 Å². The molecule has 0 aromatic carbocycles. The van der Waals surface area contributed by atoms with Crippen LogP contribution in [0.4, 0.5) is 0 Å². The number of aromatic amines is 1. The standard InChI is InChI=1S/C14H18N2O4/c1-8(14(19)20)15-12(17)10-7-9-5-3-2-4-6-11(9)16-13(10)18/h7-8H,2-6H2,1H3,(H,15,17)(H,16,18)(H,19,20)/t8-/m1/s1. The molecule has 3 N–H and O–H groups in total. The number of hydrogen-bond acceptors (Lipinski definition) is 3.